The zero-order valence-electron chi connectivity index (χ0n) is 16.9. The van der Waals surface area contributed by atoms with Crippen LogP contribution in [0.1, 0.15) is 29.4 Å². The molecular formula is C22H19N5OS3. The fourth-order valence-electron chi connectivity index (χ4n) is 3.38. The van der Waals surface area contributed by atoms with E-state index in [1.807, 2.05) is 54.9 Å². The molecule has 1 aromatic carbocycles. The molecule has 0 aliphatic heterocycles. The third kappa shape index (κ3) is 3.96. The minimum absolute atomic E-state index is 0.0810. The Morgan fingerprint density at radius 3 is 2.74 bits per heavy atom. The molecule has 1 atom stereocenters. The normalized spacial score (nSPS) is 12.5. The Bertz CT molecular complexity index is 1390. The average molecular weight is 466 g/mol. The van der Waals surface area contributed by atoms with Gasteiger partial charge in [-0.2, -0.15) is 0 Å². The van der Waals surface area contributed by atoms with E-state index in [0.717, 1.165) is 26.3 Å². The summed E-state index contributed by atoms with van der Waals surface area (Å²) in [6.07, 6.45) is 0. The first kappa shape index (κ1) is 20.2. The molecule has 4 heterocycles. The summed E-state index contributed by atoms with van der Waals surface area (Å²) < 4.78 is 2.09. The predicted molar refractivity (Wildman–Crippen MR) is 128 cm³/mol. The fraction of sp³-hybridized carbons (Fsp3) is 0.182. The molecular weight excluding hydrogens is 446 g/mol. The molecule has 0 aliphatic carbocycles. The second-order valence-electron chi connectivity index (χ2n) is 7.12. The van der Waals surface area contributed by atoms with Gasteiger partial charge in [-0.15, -0.1) is 32.9 Å². The third-order valence-electron chi connectivity index (χ3n) is 5.00. The maximum atomic E-state index is 12.9. The van der Waals surface area contributed by atoms with Crippen LogP contribution < -0.4 is 5.56 Å². The van der Waals surface area contributed by atoms with Crippen LogP contribution >= 0.6 is 34.4 Å². The summed E-state index contributed by atoms with van der Waals surface area (Å²) in [6.45, 7) is 4.68. The molecule has 6 nitrogen and oxygen atoms in total. The summed E-state index contributed by atoms with van der Waals surface area (Å²) in [5.41, 5.74) is 2.04. The van der Waals surface area contributed by atoms with Crippen LogP contribution in [0.25, 0.3) is 20.7 Å². The van der Waals surface area contributed by atoms with Crippen LogP contribution in [0, 0.1) is 6.92 Å². The monoisotopic (exact) mass is 465 g/mol. The molecule has 0 saturated carbocycles. The summed E-state index contributed by atoms with van der Waals surface area (Å²) in [7, 11) is 0. The number of hydrogen-bond acceptors (Lipinski definition) is 7. The zero-order chi connectivity index (χ0) is 21.4. The van der Waals surface area contributed by atoms with Crippen LogP contribution in [0.15, 0.2) is 63.2 Å². The maximum absolute atomic E-state index is 12.9. The molecule has 0 bridgehead atoms. The number of fused-ring (bicyclic) bond motifs is 1. The van der Waals surface area contributed by atoms with Gasteiger partial charge in [0.1, 0.15) is 16.5 Å². The summed E-state index contributed by atoms with van der Waals surface area (Å²) >= 11 is 4.68. The summed E-state index contributed by atoms with van der Waals surface area (Å²) in [5.74, 6) is 1.50. The van der Waals surface area contributed by atoms with Crippen LogP contribution in [0.5, 0.6) is 0 Å². The maximum Gasteiger partial charge on any atom is 0.260 e. The van der Waals surface area contributed by atoms with Crippen molar-refractivity contribution in [3.8, 4) is 10.4 Å². The van der Waals surface area contributed by atoms with Crippen molar-refractivity contribution in [1.29, 1.82) is 0 Å². The van der Waals surface area contributed by atoms with Crippen molar-refractivity contribution in [1.82, 2.24) is 24.7 Å². The van der Waals surface area contributed by atoms with Crippen LogP contribution in [0.3, 0.4) is 0 Å². The molecule has 0 aliphatic rings. The predicted octanol–water partition coefficient (Wildman–Crippen LogP) is 5.51. The SMILES string of the molecule is Cc1nnc(SC(C)c2nc3scc(-c4cccs4)c3c(=O)[nH]2)n1Cc1ccccc1. The lowest BCUT2D eigenvalue weighted by atomic mass is 10.2. The van der Waals surface area contributed by atoms with Gasteiger partial charge in [0, 0.05) is 15.8 Å². The average Bonchev–Trinajstić information content (AvgIpc) is 3.51. The highest BCUT2D eigenvalue weighted by Crippen LogP contribution is 2.36. The van der Waals surface area contributed by atoms with E-state index in [-0.39, 0.29) is 10.8 Å². The highest BCUT2D eigenvalue weighted by atomic mass is 32.2. The summed E-state index contributed by atoms with van der Waals surface area (Å²) in [6, 6.07) is 14.3. The summed E-state index contributed by atoms with van der Waals surface area (Å²) in [4.78, 5) is 22.5. The Hall–Kier alpha value is -2.75. The van der Waals surface area contributed by atoms with E-state index in [2.05, 4.69) is 31.9 Å². The molecule has 31 heavy (non-hydrogen) atoms. The number of aromatic amines is 1. The van der Waals surface area contributed by atoms with Gasteiger partial charge in [-0.3, -0.25) is 4.79 Å². The topological polar surface area (TPSA) is 76.5 Å². The van der Waals surface area contributed by atoms with E-state index in [4.69, 9.17) is 4.98 Å². The van der Waals surface area contributed by atoms with Crippen LogP contribution in [-0.4, -0.2) is 24.7 Å². The Kier molecular flexibility index (Phi) is 5.47. The van der Waals surface area contributed by atoms with E-state index in [9.17, 15) is 4.79 Å². The Morgan fingerprint density at radius 1 is 1.13 bits per heavy atom. The van der Waals surface area contributed by atoms with Crippen molar-refractivity contribution in [3.05, 3.63) is 80.8 Å². The number of nitrogens with one attached hydrogen (secondary N) is 1. The molecule has 0 radical (unpaired) electrons. The molecule has 9 heteroatoms. The molecule has 4 aromatic heterocycles. The molecule has 0 saturated heterocycles. The highest BCUT2D eigenvalue weighted by Gasteiger charge is 2.20. The van der Waals surface area contributed by atoms with Crippen LogP contribution in [0.4, 0.5) is 0 Å². The highest BCUT2D eigenvalue weighted by molar-refractivity contribution is 7.99. The lowest BCUT2D eigenvalue weighted by Gasteiger charge is -2.12. The van der Waals surface area contributed by atoms with Gasteiger partial charge in [-0.25, -0.2) is 4.98 Å². The van der Waals surface area contributed by atoms with Crippen molar-refractivity contribution in [2.45, 2.75) is 30.8 Å². The number of nitrogens with zero attached hydrogens (tertiary/aromatic N) is 4. The van der Waals surface area contributed by atoms with E-state index in [1.165, 1.54) is 16.9 Å². The Morgan fingerprint density at radius 2 is 1.97 bits per heavy atom. The van der Waals surface area contributed by atoms with Crippen molar-refractivity contribution >= 4 is 44.7 Å². The standard InChI is InChI=1S/C22H19N5OS3/c1-13(31-22-26-25-14(2)27(22)11-15-7-4-3-5-8-15)19-23-20(28)18-16(12-30-21(18)24-19)17-9-6-10-29-17/h3-10,12-13H,11H2,1-2H3,(H,23,24,28). The van der Waals surface area contributed by atoms with Gasteiger partial charge in [-0.1, -0.05) is 48.2 Å². The molecule has 5 rings (SSSR count). The van der Waals surface area contributed by atoms with Gasteiger partial charge in [0.2, 0.25) is 0 Å². The second kappa shape index (κ2) is 8.41. The van der Waals surface area contributed by atoms with Gasteiger partial charge in [0.05, 0.1) is 17.2 Å². The van der Waals surface area contributed by atoms with Gasteiger partial charge in [0.15, 0.2) is 5.16 Å². The number of aryl methyl sites for hydroxylation is 1. The quantitative estimate of drug-likeness (QED) is 0.334. The molecule has 156 valence electrons. The molecule has 1 N–H and O–H groups in total. The number of H-pyrrole nitrogens is 1. The number of thioether (sulfide) groups is 1. The van der Waals surface area contributed by atoms with Gasteiger partial charge in [-0.05, 0) is 30.9 Å². The smallest absolute Gasteiger partial charge is 0.260 e. The number of thiophene rings is 2. The van der Waals surface area contributed by atoms with Crippen LogP contribution in [-0.2, 0) is 6.54 Å². The largest absolute Gasteiger partial charge is 0.309 e. The molecule has 1 unspecified atom stereocenters. The van der Waals surface area contributed by atoms with E-state index in [1.54, 1.807) is 23.1 Å². The molecule has 5 aromatic rings. The van der Waals surface area contributed by atoms with Crippen molar-refractivity contribution in [2.24, 2.45) is 0 Å². The number of benzene rings is 1. The van der Waals surface area contributed by atoms with Crippen molar-refractivity contribution < 1.29 is 0 Å². The third-order valence-corrected chi connectivity index (χ3v) is 7.87. The van der Waals surface area contributed by atoms with Crippen molar-refractivity contribution in [3.63, 3.8) is 0 Å². The lowest BCUT2D eigenvalue weighted by Crippen LogP contribution is -2.13. The number of hydrogen-bond donors (Lipinski definition) is 1. The molecule has 0 fully saturated rings. The fourth-order valence-corrected chi connectivity index (χ4v) is 6.10. The van der Waals surface area contributed by atoms with Gasteiger partial charge >= 0.3 is 0 Å². The molecule has 0 spiro atoms. The number of rotatable bonds is 6. The lowest BCUT2D eigenvalue weighted by molar-refractivity contribution is 0.686. The first-order valence-electron chi connectivity index (χ1n) is 9.76. The summed E-state index contributed by atoms with van der Waals surface area (Å²) in [5, 5.41) is 14.0. The van der Waals surface area contributed by atoms with E-state index < -0.39 is 0 Å². The second-order valence-corrected chi connectivity index (χ2v) is 10.2. The van der Waals surface area contributed by atoms with E-state index in [0.29, 0.717) is 17.8 Å². The zero-order valence-corrected chi connectivity index (χ0v) is 19.4. The van der Waals surface area contributed by atoms with Gasteiger partial charge in [0.25, 0.3) is 5.56 Å². The van der Waals surface area contributed by atoms with E-state index >= 15 is 0 Å². The Labute approximate surface area is 191 Å². The minimum Gasteiger partial charge on any atom is -0.309 e. The number of aromatic nitrogens is 5. The Balaban J connectivity index is 1.44. The first-order valence-corrected chi connectivity index (χ1v) is 12.4. The minimum atomic E-state index is -0.0981. The first-order chi connectivity index (χ1) is 15.1. The van der Waals surface area contributed by atoms with Gasteiger partial charge < -0.3 is 9.55 Å². The van der Waals surface area contributed by atoms with Crippen LogP contribution in [0.2, 0.25) is 0 Å². The molecule has 0 amide bonds. The van der Waals surface area contributed by atoms with Crippen molar-refractivity contribution in [2.75, 3.05) is 0 Å².